The van der Waals surface area contributed by atoms with Crippen LogP contribution in [-0.4, -0.2) is 36.3 Å². The zero-order valence-corrected chi connectivity index (χ0v) is 19.4. The van der Waals surface area contributed by atoms with Crippen LogP contribution in [0.4, 0.5) is 0 Å². The van der Waals surface area contributed by atoms with Gasteiger partial charge >= 0.3 is 5.97 Å². The predicted molar refractivity (Wildman–Crippen MR) is 127 cm³/mol. The molecule has 5 rings (SSSR count). The Morgan fingerprint density at radius 1 is 1.12 bits per heavy atom. The second-order valence-corrected chi connectivity index (χ2v) is 9.34. The molecule has 4 aromatic rings. The van der Waals surface area contributed by atoms with Gasteiger partial charge in [-0.3, -0.25) is 4.79 Å². The second-order valence-electron chi connectivity index (χ2n) is 7.41. The summed E-state index contributed by atoms with van der Waals surface area (Å²) in [6.45, 7) is -0.248. The molecule has 0 aliphatic carbocycles. The Balaban J connectivity index is 1.35. The normalized spacial score (nSPS) is 15.7. The Morgan fingerprint density at radius 2 is 1.94 bits per heavy atom. The van der Waals surface area contributed by atoms with Crippen LogP contribution in [0.5, 0.6) is 0 Å². The SMILES string of the molecule is COCc1c(C(=O)OCC(=O)N2N=C(c3cccs3)C[C@H]2c2cccs2)oc2ccccc12. The number of methoxy groups -OCH3 is 1. The average Bonchev–Trinajstić information content (AvgIpc) is 3.62. The molecule has 1 atom stereocenters. The molecule has 33 heavy (non-hydrogen) atoms. The first-order valence-electron chi connectivity index (χ1n) is 10.3. The highest BCUT2D eigenvalue weighted by Gasteiger charge is 2.35. The summed E-state index contributed by atoms with van der Waals surface area (Å²) in [5.41, 5.74) is 2.01. The van der Waals surface area contributed by atoms with E-state index in [9.17, 15) is 9.59 Å². The van der Waals surface area contributed by atoms with Crippen LogP contribution in [-0.2, 0) is 20.9 Å². The molecule has 4 heterocycles. The zero-order chi connectivity index (χ0) is 22.8. The van der Waals surface area contributed by atoms with Gasteiger partial charge in [-0.2, -0.15) is 5.10 Å². The molecule has 168 valence electrons. The van der Waals surface area contributed by atoms with E-state index in [1.807, 2.05) is 53.2 Å². The van der Waals surface area contributed by atoms with Crippen molar-refractivity contribution in [1.82, 2.24) is 5.01 Å². The van der Waals surface area contributed by atoms with Crippen molar-refractivity contribution in [3.05, 3.63) is 80.4 Å². The number of furan rings is 1. The molecule has 0 saturated heterocycles. The Morgan fingerprint density at radius 3 is 2.70 bits per heavy atom. The molecule has 1 amide bonds. The number of rotatable bonds is 7. The maximum atomic E-state index is 13.1. The standard InChI is InChI=1S/C24H20N2O5S2/c1-29-13-16-15-6-2-3-7-19(15)31-23(16)24(28)30-14-22(27)26-18(21-9-5-11-33-21)12-17(25-26)20-8-4-10-32-20/h2-11,18H,12-14H2,1H3/t18-/m0/s1. The van der Waals surface area contributed by atoms with E-state index in [2.05, 4.69) is 5.10 Å². The van der Waals surface area contributed by atoms with E-state index >= 15 is 0 Å². The Labute approximate surface area is 197 Å². The molecule has 1 aliphatic rings. The van der Waals surface area contributed by atoms with Crippen molar-refractivity contribution in [3.8, 4) is 0 Å². The summed E-state index contributed by atoms with van der Waals surface area (Å²) in [4.78, 5) is 28.0. The monoisotopic (exact) mass is 480 g/mol. The zero-order valence-electron chi connectivity index (χ0n) is 17.7. The van der Waals surface area contributed by atoms with Crippen LogP contribution in [0.15, 0.2) is 68.8 Å². The summed E-state index contributed by atoms with van der Waals surface area (Å²) in [6.07, 6.45) is 0.613. The number of benzene rings is 1. The predicted octanol–water partition coefficient (Wildman–Crippen LogP) is 5.24. The number of hydrazone groups is 1. The molecular weight excluding hydrogens is 460 g/mol. The van der Waals surface area contributed by atoms with Gasteiger partial charge in [-0.25, -0.2) is 9.80 Å². The van der Waals surface area contributed by atoms with Gasteiger partial charge in [-0.05, 0) is 29.0 Å². The summed E-state index contributed by atoms with van der Waals surface area (Å²) in [5.74, 6) is -1.05. The van der Waals surface area contributed by atoms with Crippen molar-refractivity contribution in [2.45, 2.75) is 19.1 Å². The first kappa shape index (κ1) is 21.6. The van der Waals surface area contributed by atoms with Crippen LogP contribution >= 0.6 is 22.7 Å². The van der Waals surface area contributed by atoms with Gasteiger partial charge < -0.3 is 13.9 Å². The fourth-order valence-corrected chi connectivity index (χ4v) is 5.38. The molecule has 0 spiro atoms. The Bertz CT molecular complexity index is 1310. The third-order valence-corrected chi connectivity index (χ3v) is 7.23. The molecule has 0 saturated carbocycles. The smallest absolute Gasteiger partial charge is 0.375 e. The Kier molecular flexibility index (Phi) is 6.08. The van der Waals surface area contributed by atoms with Crippen LogP contribution in [0.2, 0.25) is 0 Å². The van der Waals surface area contributed by atoms with Gasteiger partial charge in [0, 0.05) is 29.4 Å². The number of nitrogens with zero attached hydrogens (tertiary/aromatic N) is 2. The lowest BCUT2D eigenvalue weighted by Gasteiger charge is -2.20. The molecular formula is C24H20N2O5S2. The first-order valence-corrected chi connectivity index (χ1v) is 12.0. The number of esters is 1. The first-order chi connectivity index (χ1) is 16.2. The molecule has 9 heteroatoms. The van der Waals surface area contributed by atoms with Crippen LogP contribution < -0.4 is 0 Å². The number of thiophene rings is 2. The van der Waals surface area contributed by atoms with Crippen molar-refractivity contribution >= 4 is 51.2 Å². The van der Waals surface area contributed by atoms with Gasteiger partial charge in [0.15, 0.2) is 6.61 Å². The number of hydrogen-bond acceptors (Lipinski definition) is 8. The summed E-state index contributed by atoms with van der Waals surface area (Å²) in [5, 5.41) is 10.7. The van der Waals surface area contributed by atoms with E-state index in [-0.39, 0.29) is 18.4 Å². The highest BCUT2D eigenvalue weighted by molar-refractivity contribution is 7.12. The van der Waals surface area contributed by atoms with E-state index in [0.717, 1.165) is 20.9 Å². The molecule has 0 fully saturated rings. The minimum absolute atomic E-state index is 0.0462. The van der Waals surface area contributed by atoms with Gasteiger partial charge in [0.2, 0.25) is 5.76 Å². The minimum atomic E-state index is -0.707. The van der Waals surface area contributed by atoms with Crippen LogP contribution in [0, 0.1) is 0 Å². The lowest BCUT2D eigenvalue weighted by atomic mass is 10.1. The van der Waals surface area contributed by atoms with Crippen LogP contribution in [0.25, 0.3) is 11.0 Å². The molecule has 0 N–H and O–H groups in total. The van der Waals surface area contributed by atoms with Crippen molar-refractivity contribution in [3.63, 3.8) is 0 Å². The topological polar surface area (TPSA) is 81.3 Å². The summed E-state index contributed by atoms with van der Waals surface area (Å²) >= 11 is 3.15. The summed E-state index contributed by atoms with van der Waals surface area (Å²) < 4.78 is 16.3. The third kappa shape index (κ3) is 4.22. The number of carbonyl (C=O) groups excluding carboxylic acids is 2. The fraction of sp³-hybridized carbons (Fsp3) is 0.208. The van der Waals surface area contributed by atoms with Gasteiger partial charge in [0.25, 0.3) is 5.91 Å². The van der Waals surface area contributed by atoms with Gasteiger partial charge in [-0.15, -0.1) is 22.7 Å². The Hall–Kier alpha value is -3.27. The van der Waals surface area contributed by atoms with E-state index in [0.29, 0.717) is 17.6 Å². The lowest BCUT2D eigenvalue weighted by Crippen LogP contribution is -2.31. The molecule has 1 aliphatic heterocycles. The quantitative estimate of drug-likeness (QED) is 0.338. The van der Waals surface area contributed by atoms with Gasteiger partial charge in [0.05, 0.1) is 23.2 Å². The summed E-state index contributed by atoms with van der Waals surface area (Å²) in [7, 11) is 1.54. The van der Waals surface area contributed by atoms with E-state index in [4.69, 9.17) is 13.9 Å². The average molecular weight is 481 g/mol. The molecule has 3 aromatic heterocycles. The number of amides is 1. The maximum Gasteiger partial charge on any atom is 0.375 e. The summed E-state index contributed by atoms with van der Waals surface area (Å²) in [6, 6.07) is 15.0. The third-order valence-electron chi connectivity index (χ3n) is 5.34. The van der Waals surface area contributed by atoms with Crippen molar-refractivity contribution in [2.75, 3.05) is 13.7 Å². The van der Waals surface area contributed by atoms with E-state index < -0.39 is 18.5 Å². The van der Waals surface area contributed by atoms with Gasteiger partial charge in [0.1, 0.15) is 5.58 Å². The molecule has 7 nitrogen and oxygen atoms in total. The number of fused-ring (bicyclic) bond motifs is 1. The van der Waals surface area contributed by atoms with Crippen LogP contribution in [0.3, 0.4) is 0 Å². The lowest BCUT2D eigenvalue weighted by molar-refractivity contribution is -0.136. The van der Waals surface area contributed by atoms with Crippen LogP contribution in [0.1, 0.15) is 38.3 Å². The number of ether oxygens (including phenoxy) is 2. The minimum Gasteiger partial charge on any atom is -0.450 e. The van der Waals surface area contributed by atoms with Crippen molar-refractivity contribution in [1.29, 1.82) is 0 Å². The van der Waals surface area contributed by atoms with E-state index in [1.165, 1.54) is 5.01 Å². The highest BCUT2D eigenvalue weighted by atomic mass is 32.1. The number of para-hydroxylation sites is 1. The van der Waals surface area contributed by atoms with Crippen molar-refractivity contribution < 1.29 is 23.5 Å². The highest BCUT2D eigenvalue weighted by Crippen LogP contribution is 2.36. The second kappa shape index (κ2) is 9.30. The van der Waals surface area contributed by atoms with Gasteiger partial charge in [-0.1, -0.05) is 30.3 Å². The fourth-order valence-electron chi connectivity index (χ4n) is 3.84. The number of carbonyl (C=O) groups is 2. The maximum absolute atomic E-state index is 13.1. The molecule has 0 radical (unpaired) electrons. The van der Waals surface area contributed by atoms with Crippen molar-refractivity contribution in [2.24, 2.45) is 5.10 Å². The largest absolute Gasteiger partial charge is 0.450 e. The molecule has 0 unspecified atom stereocenters. The number of hydrogen-bond donors (Lipinski definition) is 0. The van der Waals surface area contributed by atoms with E-state index in [1.54, 1.807) is 35.8 Å². The molecule has 1 aromatic carbocycles. The molecule has 0 bridgehead atoms.